The Morgan fingerprint density at radius 3 is 2.55 bits per heavy atom. The molecule has 2 heteroatoms. The first kappa shape index (κ1) is 7.56. The lowest BCUT2D eigenvalue weighted by Gasteiger charge is -2.51. The van der Waals surface area contributed by atoms with Crippen molar-refractivity contribution in [3.63, 3.8) is 0 Å². The van der Waals surface area contributed by atoms with Crippen molar-refractivity contribution in [2.75, 3.05) is 13.1 Å². The van der Waals surface area contributed by atoms with Crippen molar-refractivity contribution in [2.24, 2.45) is 11.7 Å². The number of hydrogen-bond donors (Lipinski definition) is 1. The first-order valence-electron chi connectivity index (χ1n) is 4.66. The lowest BCUT2D eigenvalue weighted by atomic mass is 9.75. The minimum absolute atomic E-state index is 0.444. The Hall–Kier alpha value is -0.0800. The van der Waals surface area contributed by atoms with Crippen LogP contribution in [-0.2, 0) is 0 Å². The van der Waals surface area contributed by atoms with E-state index >= 15 is 0 Å². The summed E-state index contributed by atoms with van der Waals surface area (Å²) in [5.74, 6) is 0.782. The molecule has 2 saturated heterocycles. The summed E-state index contributed by atoms with van der Waals surface area (Å²) in [5, 5.41) is 0. The van der Waals surface area contributed by atoms with E-state index < -0.39 is 0 Å². The Morgan fingerprint density at radius 1 is 1.55 bits per heavy atom. The Balaban J connectivity index is 2.14. The van der Waals surface area contributed by atoms with Gasteiger partial charge in [-0.1, -0.05) is 13.8 Å². The van der Waals surface area contributed by atoms with Crippen molar-refractivity contribution in [1.29, 1.82) is 0 Å². The van der Waals surface area contributed by atoms with Crippen molar-refractivity contribution < 1.29 is 0 Å². The smallest absolute Gasteiger partial charge is 0.0260 e. The molecule has 2 aliphatic heterocycles. The van der Waals surface area contributed by atoms with Gasteiger partial charge in [0.25, 0.3) is 0 Å². The van der Waals surface area contributed by atoms with Crippen LogP contribution in [0.15, 0.2) is 0 Å². The quantitative estimate of drug-likeness (QED) is 0.606. The highest BCUT2D eigenvalue weighted by Gasteiger charge is 2.52. The van der Waals surface area contributed by atoms with Gasteiger partial charge in [-0.15, -0.1) is 0 Å². The number of fused-ring (bicyclic) bond motifs is 1. The van der Waals surface area contributed by atoms with Gasteiger partial charge in [0.2, 0.25) is 0 Å². The van der Waals surface area contributed by atoms with Gasteiger partial charge >= 0.3 is 0 Å². The molecule has 0 aromatic heterocycles. The van der Waals surface area contributed by atoms with E-state index in [1.54, 1.807) is 0 Å². The summed E-state index contributed by atoms with van der Waals surface area (Å²) in [6.07, 6.45) is 2.60. The molecule has 2 rings (SSSR count). The molecule has 2 heterocycles. The zero-order valence-corrected chi connectivity index (χ0v) is 7.51. The highest BCUT2D eigenvalue weighted by molar-refractivity contribution is 5.09. The number of hydrogen-bond acceptors (Lipinski definition) is 2. The minimum atomic E-state index is 0.444. The SMILES string of the molecule is CC(C)C12CCN1CC(N)C2. The second-order valence-electron chi connectivity index (χ2n) is 4.42. The van der Waals surface area contributed by atoms with Crippen LogP contribution in [0.25, 0.3) is 0 Å². The van der Waals surface area contributed by atoms with Crippen LogP contribution < -0.4 is 5.73 Å². The van der Waals surface area contributed by atoms with Crippen LogP contribution in [0.5, 0.6) is 0 Å². The van der Waals surface area contributed by atoms with Gasteiger partial charge in [0.15, 0.2) is 0 Å². The summed E-state index contributed by atoms with van der Waals surface area (Å²) >= 11 is 0. The topological polar surface area (TPSA) is 29.3 Å². The van der Waals surface area contributed by atoms with E-state index in [1.165, 1.54) is 19.4 Å². The molecular weight excluding hydrogens is 136 g/mol. The number of nitrogens with two attached hydrogens (primary N) is 1. The van der Waals surface area contributed by atoms with Gasteiger partial charge in [0.05, 0.1) is 0 Å². The van der Waals surface area contributed by atoms with Crippen LogP contribution >= 0.6 is 0 Å². The minimum Gasteiger partial charge on any atom is -0.326 e. The highest BCUT2D eigenvalue weighted by atomic mass is 15.3. The van der Waals surface area contributed by atoms with E-state index in [9.17, 15) is 0 Å². The van der Waals surface area contributed by atoms with Gasteiger partial charge in [-0.05, 0) is 18.8 Å². The molecule has 0 bridgehead atoms. The van der Waals surface area contributed by atoms with Gasteiger partial charge in [-0.25, -0.2) is 0 Å². The first-order chi connectivity index (χ1) is 5.15. The van der Waals surface area contributed by atoms with Gasteiger partial charge < -0.3 is 5.73 Å². The molecule has 0 spiro atoms. The lowest BCUT2D eigenvalue weighted by Crippen LogP contribution is -2.58. The molecule has 0 aromatic rings. The molecule has 2 fully saturated rings. The summed E-state index contributed by atoms with van der Waals surface area (Å²) in [4.78, 5) is 2.57. The molecule has 0 radical (unpaired) electrons. The summed E-state index contributed by atoms with van der Waals surface area (Å²) < 4.78 is 0. The summed E-state index contributed by atoms with van der Waals surface area (Å²) in [7, 11) is 0. The highest BCUT2D eigenvalue weighted by Crippen LogP contribution is 2.45. The van der Waals surface area contributed by atoms with E-state index in [4.69, 9.17) is 5.73 Å². The molecule has 2 atom stereocenters. The van der Waals surface area contributed by atoms with Gasteiger partial charge in [0, 0.05) is 24.7 Å². The molecule has 0 aliphatic carbocycles. The number of nitrogens with zero attached hydrogens (tertiary/aromatic N) is 1. The van der Waals surface area contributed by atoms with E-state index in [2.05, 4.69) is 18.7 Å². The largest absolute Gasteiger partial charge is 0.326 e. The van der Waals surface area contributed by atoms with Crippen molar-refractivity contribution in [3.05, 3.63) is 0 Å². The fourth-order valence-corrected chi connectivity index (χ4v) is 2.75. The Bertz CT molecular complexity index is 167. The Morgan fingerprint density at radius 2 is 2.27 bits per heavy atom. The zero-order chi connectivity index (χ0) is 8.06. The third-order valence-corrected chi connectivity index (χ3v) is 3.59. The maximum Gasteiger partial charge on any atom is 0.0260 e. The second kappa shape index (κ2) is 2.20. The maximum atomic E-state index is 5.94. The lowest BCUT2D eigenvalue weighted by molar-refractivity contribution is -0.0116. The van der Waals surface area contributed by atoms with Crippen LogP contribution in [0.2, 0.25) is 0 Å². The molecule has 0 amide bonds. The van der Waals surface area contributed by atoms with Crippen molar-refractivity contribution in [1.82, 2.24) is 4.90 Å². The Labute approximate surface area is 68.7 Å². The van der Waals surface area contributed by atoms with Crippen LogP contribution in [0.3, 0.4) is 0 Å². The predicted molar refractivity (Wildman–Crippen MR) is 46.4 cm³/mol. The first-order valence-corrected chi connectivity index (χ1v) is 4.66. The van der Waals surface area contributed by atoms with Crippen LogP contribution in [0.1, 0.15) is 26.7 Å². The van der Waals surface area contributed by atoms with Crippen LogP contribution in [-0.4, -0.2) is 29.6 Å². The van der Waals surface area contributed by atoms with E-state index in [0.717, 1.165) is 12.5 Å². The van der Waals surface area contributed by atoms with E-state index in [0.29, 0.717) is 11.6 Å². The molecule has 2 nitrogen and oxygen atoms in total. The molecule has 2 N–H and O–H groups in total. The fourth-order valence-electron chi connectivity index (χ4n) is 2.75. The monoisotopic (exact) mass is 154 g/mol. The maximum absolute atomic E-state index is 5.94. The average molecular weight is 154 g/mol. The van der Waals surface area contributed by atoms with Gasteiger partial charge in [-0.3, -0.25) is 4.90 Å². The van der Waals surface area contributed by atoms with Gasteiger partial charge in [0.1, 0.15) is 0 Å². The fraction of sp³-hybridized carbons (Fsp3) is 1.00. The van der Waals surface area contributed by atoms with Crippen molar-refractivity contribution in [2.45, 2.75) is 38.3 Å². The standard InChI is InChI=1S/C9H18N2/c1-7(2)9-3-4-11(9)6-8(10)5-9/h7-8H,3-6,10H2,1-2H3. The van der Waals surface area contributed by atoms with Crippen LogP contribution in [0.4, 0.5) is 0 Å². The molecule has 2 aliphatic rings. The molecule has 0 saturated carbocycles. The Kier molecular flexibility index (Phi) is 1.52. The summed E-state index contributed by atoms with van der Waals surface area (Å²) in [6, 6.07) is 0.444. The molecule has 0 aromatic carbocycles. The normalized spacial score (nSPS) is 44.2. The average Bonchev–Trinajstić information content (AvgIpc) is 2.11. The third kappa shape index (κ3) is 0.859. The predicted octanol–water partition coefficient (Wildman–Crippen LogP) is 0.818. The number of rotatable bonds is 1. The molecule has 2 unspecified atom stereocenters. The summed E-state index contributed by atoms with van der Waals surface area (Å²) in [5.41, 5.74) is 6.45. The van der Waals surface area contributed by atoms with Crippen LogP contribution in [0, 0.1) is 5.92 Å². The summed E-state index contributed by atoms with van der Waals surface area (Å²) in [6.45, 7) is 7.07. The molecular formula is C9H18N2. The van der Waals surface area contributed by atoms with E-state index in [1.807, 2.05) is 0 Å². The van der Waals surface area contributed by atoms with Crippen molar-refractivity contribution >= 4 is 0 Å². The molecule has 64 valence electrons. The zero-order valence-electron chi connectivity index (χ0n) is 7.51. The second-order valence-corrected chi connectivity index (χ2v) is 4.42. The van der Waals surface area contributed by atoms with Gasteiger partial charge in [-0.2, -0.15) is 0 Å². The third-order valence-electron chi connectivity index (χ3n) is 3.59. The molecule has 11 heavy (non-hydrogen) atoms. The van der Waals surface area contributed by atoms with Crippen molar-refractivity contribution in [3.8, 4) is 0 Å². The van der Waals surface area contributed by atoms with E-state index in [-0.39, 0.29) is 0 Å².